The van der Waals surface area contributed by atoms with Gasteiger partial charge in [0, 0.05) is 56.4 Å². The summed E-state index contributed by atoms with van der Waals surface area (Å²) in [5.74, 6) is 0.252. The van der Waals surface area contributed by atoms with Crippen molar-refractivity contribution in [3.05, 3.63) is 28.3 Å². The first kappa shape index (κ1) is 20.1. The number of benzene rings is 1. The zero-order valence-electron chi connectivity index (χ0n) is 14.3. The normalized spacial score (nSPS) is 19.1. The first-order valence-electron chi connectivity index (χ1n) is 7.68. The Morgan fingerprint density at radius 2 is 1.82 bits per heavy atom. The molecule has 1 aromatic carbocycles. The van der Waals surface area contributed by atoms with E-state index in [1.54, 1.807) is 0 Å². The molecule has 1 aliphatic rings. The number of amides is 1. The van der Waals surface area contributed by atoms with E-state index >= 15 is 0 Å². The van der Waals surface area contributed by atoms with Crippen LogP contribution in [0.4, 0.5) is 5.69 Å². The average Bonchev–Trinajstić information content (AvgIpc) is 2.39. The molecule has 0 spiro atoms. The Balaban J connectivity index is 0.00000242. The molecule has 22 heavy (non-hydrogen) atoms. The predicted molar refractivity (Wildman–Crippen MR) is 89.0 cm³/mol. The van der Waals surface area contributed by atoms with E-state index in [0.717, 1.165) is 52.3 Å². The standard InChI is InChI=1S/C17H26ClN2O.Y/c1-6-20(4,5)15-8-7-9-19(17(15)21)16-12(2)10-14(18)11-13(16)3;/h10-11,15H,6-9H2,1-5H3;/q+1;. The molecular formula is C17H26ClN2OY+. The van der Waals surface area contributed by atoms with E-state index in [0.29, 0.717) is 0 Å². The molecule has 2 rings (SSSR count). The number of nitrogens with zero attached hydrogens (tertiary/aromatic N) is 2. The van der Waals surface area contributed by atoms with E-state index in [1.807, 2.05) is 30.9 Å². The molecule has 1 atom stereocenters. The molecule has 0 aliphatic carbocycles. The van der Waals surface area contributed by atoms with Crippen LogP contribution in [0.25, 0.3) is 0 Å². The molecule has 5 heteroatoms. The summed E-state index contributed by atoms with van der Waals surface area (Å²) in [5.41, 5.74) is 3.21. The van der Waals surface area contributed by atoms with Crippen molar-refractivity contribution >= 4 is 23.2 Å². The number of carbonyl (C=O) groups excluding carboxylic acids is 1. The van der Waals surface area contributed by atoms with Gasteiger partial charge in [-0.3, -0.25) is 4.79 Å². The van der Waals surface area contributed by atoms with Gasteiger partial charge in [-0.15, -0.1) is 0 Å². The van der Waals surface area contributed by atoms with Gasteiger partial charge in [0.1, 0.15) is 0 Å². The van der Waals surface area contributed by atoms with Gasteiger partial charge in [0.2, 0.25) is 0 Å². The molecule has 1 heterocycles. The molecule has 0 aromatic heterocycles. The summed E-state index contributed by atoms with van der Waals surface area (Å²) in [5, 5.41) is 0.736. The molecule has 1 aliphatic heterocycles. The van der Waals surface area contributed by atoms with Crippen LogP contribution in [0.2, 0.25) is 5.02 Å². The fraction of sp³-hybridized carbons (Fsp3) is 0.588. The van der Waals surface area contributed by atoms with Crippen LogP contribution in [0, 0.1) is 13.8 Å². The number of hydrogen-bond acceptors (Lipinski definition) is 1. The molecule has 3 nitrogen and oxygen atoms in total. The van der Waals surface area contributed by atoms with Gasteiger partial charge in [-0.25, -0.2) is 0 Å². The van der Waals surface area contributed by atoms with Gasteiger partial charge < -0.3 is 9.38 Å². The Hall–Kier alpha value is 0.0439. The quantitative estimate of drug-likeness (QED) is 0.713. The Morgan fingerprint density at radius 3 is 2.32 bits per heavy atom. The molecular weight excluding hydrogens is 373 g/mol. The maximum atomic E-state index is 13.0. The summed E-state index contributed by atoms with van der Waals surface area (Å²) < 4.78 is 0.751. The molecule has 0 N–H and O–H groups in total. The summed E-state index contributed by atoms with van der Waals surface area (Å²) in [6, 6.07) is 3.94. The Bertz CT molecular complexity index is 537. The third-order valence-corrected chi connectivity index (χ3v) is 5.01. The van der Waals surface area contributed by atoms with Gasteiger partial charge in [0.15, 0.2) is 6.04 Å². The zero-order chi connectivity index (χ0) is 15.8. The smallest absolute Gasteiger partial charge is 0.285 e. The van der Waals surface area contributed by atoms with Crippen LogP contribution >= 0.6 is 11.6 Å². The van der Waals surface area contributed by atoms with E-state index in [1.165, 1.54) is 0 Å². The Labute approximate surface area is 164 Å². The summed E-state index contributed by atoms with van der Waals surface area (Å²) >= 11 is 6.11. The number of halogens is 1. The molecule has 0 bridgehead atoms. The van der Waals surface area contributed by atoms with E-state index in [4.69, 9.17) is 11.6 Å². The second-order valence-corrected chi connectivity index (χ2v) is 7.07. The SMILES string of the molecule is CC[N+](C)(C)C1CCCN(c2c(C)cc(Cl)cc2C)C1=O.[Y]. The van der Waals surface area contributed by atoms with Gasteiger partial charge in [-0.2, -0.15) is 0 Å². The number of quaternary nitrogens is 1. The van der Waals surface area contributed by atoms with Gasteiger partial charge in [0.05, 0.1) is 20.6 Å². The zero-order valence-corrected chi connectivity index (χ0v) is 17.9. The minimum Gasteiger partial charge on any atom is -0.318 e. The minimum atomic E-state index is 0. The molecule has 1 fully saturated rings. The van der Waals surface area contributed by atoms with E-state index in [9.17, 15) is 4.79 Å². The predicted octanol–water partition coefficient (Wildman–Crippen LogP) is 3.55. The van der Waals surface area contributed by atoms with Crippen molar-refractivity contribution in [2.24, 2.45) is 0 Å². The van der Waals surface area contributed by atoms with Crippen molar-refractivity contribution in [3.8, 4) is 0 Å². The second-order valence-electron chi connectivity index (χ2n) is 6.63. The van der Waals surface area contributed by atoms with Gasteiger partial charge in [-0.1, -0.05) is 11.6 Å². The maximum Gasteiger partial charge on any atom is 0.285 e. The van der Waals surface area contributed by atoms with Crippen molar-refractivity contribution in [2.75, 3.05) is 32.1 Å². The summed E-state index contributed by atoms with van der Waals surface area (Å²) in [7, 11) is 4.29. The van der Waals surface area contributed by atoms with Gasteiger partial charge >= 0.3 is 0 Å². The average molecular weight is 399 g/mol. The Morgan fingerprint density at radius 1 is 1.27 bits per heavy atom. The second kappa shape index (κ2) is 7.74. The fourth-order valence-electron chi connectivity index (χ4n) is 3.28. The van der Waals surface area contributed by atoms with Crippen LogP contribution < -0.4 is 4.90 Å². The Kier molecular flexibility index (Phi) is 7.07. The van der Waals surface area contributed by atoms with Crippen LogP contribution in [0.5, 0.6) is 0 Å². The summed E-state index contributed by atoms with van der Waals surface area (Å²) in [4.78, 5) is 15.0. The molecule has 0 saturated carbocycles. The van der Waals surface area contributed by atoms with Crippen LogP contribution in [0.1, 0.15) is 30.9 Å². The van der Waals surface area contributed by atoms with E-state index < -0.39 is 0 Å². The van der Waals surface area contributed by atoms with Crippen molar-refractivity contribution in [2.45, 2.75) is 39.7 Å². The summed E-state index contributed by atoms with van der Waals surface area (Å²) in [6.45, 7) is 7.98. The van der Waals surface area contributed by atoms with E-state index in [2.05, 4.69) is 21.0 Å². The molecule has 119 valence electrons. The number of carbonyl (C=O) groups is 1. The third kappa shape index (κ3) is 3.92. The van der Waals surface area contributed by atoms with Crippen LogP contribution in [0.3, 0.4) is 0 Å². The van der Waals surface area contributed by atoms with Gasteiger partial charge in [-0.05, 0) is 50.5 Å². The van der Waals surface area contributed by atoms with Crippen LogP contribution in [-0.4, -0.2) is 43.6 Å². The van der Waals surface area contributed by atoms with Crippen molar-refractivity contribution in [1.29, 1.82) is 0 Å². The topological polar surface area (TPSA) is 20.3 Å². The van der Waals surface area contributed by atoms with Crippen LogP contribution in [0.15, 0.2) is 12.1 Å². The maximum absolute atomic E-state index is 13.0. The van der Waals surface area contributed by atoms with Crippen molar-refractivity contribution in [1.82, 2.24) is 0 Å². The minimum absolute atomic E-state index is 0. The first-order valence-corrected chi connectivity index (χ1v) is 8.06. The molecule has 1 aromatic rings. The number of likely N-dealkylation sites (N-methyl/N-ethyl adjacent to an activating group) is 1. The number of piperidine rings is 1. The third-order valence-electron chi connectivity index (χ3n) is 4.79. The van der Waals surface area contributed by atoms with Crippen molar-refractivity contribution < 1.29 is 42.0 Å². The first-order chi connectivity index (χ1) is 9.77. The van der Waals surface area contributed by atoms with Gasteiger partial charge in [0.25, 0.3) is 5.91 Å². The van der Waals surface area contributed by atoms with Crippen LogP contribution in [-0.2, 0) is 37.5 Å². The fourth-order valence-corrected chi connectivity index (χ4v) is 3.60. The monoisotopic (exact) mass is 398 g/mol. The number of anilines is 1. The largest absolute Gasteiger partial charge is 0.318 e. The van der Waals surface area contributed by atoms with Crippen molar-refractivity contribution in [3.63, 3.8) is 0 Å². The number of aryl methyl sites for hydroxylation is 2. The number of rotatable bonds is 3. The molecule has 1 saturated heterocycles. The van der Waals surface area contributed by atoms with E-state index in [-0.39, 0.29) is 44.7 Å². The molecule has 1 unspecified atom stereocenters. The molecule has 1 amide bonds. The number of hydrogen-bond donors (Lipinski definition) is 0. The molecule has 1 radical (unpaired) electrons. The summed E-state index contributed by atoms with van der Waals surface area (Å²) in [6.07, 6.45) is 2.03.